The first kappa shape index (κ1) is 19.4. The van der Waals surface area contributed by atoms with Crippen LogP contribution in [0.2, 0.25) is 0 Å². The summed E-state index contributed by atoms with van der Waals surface area (Å²) >= 11 is 0. The first-order valence-corrected chi connectivity index (χ1v) is 7.28. The summed E-state index contributed by atoms with van der Waals surface area (Å²) in [5.74, 6) is -4.54. The van der Waals surface area contributed by atoms with Gasteiger partial charge in [-0.25, -0.2) is 17.2 Å². The van der Waals surface area contributed by atoms with Crippen LogP contribution in [0.1, 0.15) is 10.4 Å². The molecule has 0 fully saturated rings. The van der Waals surface area contributed by atoms with E-state index in [9.17, 15) is 27.1 Å². The normalized spacial score (nSPS) is 10.7. The summed E-state index contributed by atoms with van der Waals surface area (Å²) in [5, 5.41) is 10.7. The zero-order chi connectivity index (χ0) is 16.5. The van der Waals surface area contributed by atoms with Gasteiger partial charge >= 0.3 is 29.6 Å². The van der Waals surface area contributed by atoms with Gasteiger partial charge in [0.05, 0.1) is 16.6 Å². The smallest absolute Gasteiger partial charge is 0.545 e. The van der Waals surface area contributed by atoms with Gasteiger partial charge in [-0.15, -0.1) is 0 Å². The monoisotopic (exact) mass is 350 g/mol. The van der Waals surface area contributed by atoms with Crippen molar-refractivity contribution in [2.45, 2.75) is 4.90 Å². The van der Waals surface area contributed by atoms with Gasteiger partial charge in [0.15, 0.2) is 5.82 Å². The van der Waals surface area contributed by atoms with Crippen LogP contribution in [0.25, 0.3) is 0 Å². The van der Waals surface area contributed by atoms with Crippen molar-refractivity contribution in [2.24, 2.45) is 0 Å². The van der Waals surface area contributed by atoms with E-state index < -0.39 is 38.9 Å². The summed E-state index contributed by atoms with van der Waals surface area (Å²) in [6.45, 7) is 0. The van der Waals surface area contributed by atoms with Crippen LogP contribution in [0.3, 0.4) is 0 Å². The summed E-state index contributed by atoms with van der Waals surface area (Å²) in [6.07, 6.45) is 0. The number of nitrogen functional groups attached to an aromatic ring is 1. The number of anilines is 2. The predicted octanol–water partition coefficient (Wildman–Crippen LogP) is -2.28. The number of sulfonamides is 1. The van der Waals surface area contributed by atoms with Gasteiger partial charge in [0.25, 0.3) is 10.0 Å². The van der Waals surface area contributed by atoms with E-state index in [-0.39, 0.29) is 34.5 Å². The van der Waals surface area contributed by atoms with Crippen molar-refractivity contribution in [1.29, 1.82) is 0 Å². The Bertz CT molecular complexity index is 842. The van der Waals surface area contributed by atoms with Crippen LogP contribution in [0.15, 0.2) is 41.3 Å². The van der Waals surface area contributed by atoms with Gasteiger partial charge in [0, 0.05) is 17.3 Å². The third-order valence-corrected chi connectivity index (χ3v) is 4.07. The molecule has 116 valence electrons. The molecule has 2 aromatic carbocycles. The van der Waals surface area contributed by atoms with E-state index in [4.69, 9.17) is 5.73 Å². The first-order valence-electron chi connectivity index (χ1n) is 5.79. The molecule has 0 aromatic heterocycles. The van der Waals surface area contributed by atoms with E-state index in [1.807, 2.05) is 0 Å². The van der Waals surface area contributed by atoms with Crippen LogP contribution in [-0.4, -0.2) is 14.4 Å². The standard InChI is InChI=1S/C13H10F2N2O4S.Na/c14-7-5-10(13(18)19)12(15)11(6-7)17-22(20,21)9-3-1-8(16)2-4-9;/h1-6,17H,16H2,(H,18,19);/q;+1/p-1. The van der Waals surface area contributed by atoms with Crippen molar-refractivity contribution < 1.29 is 56.7 Å². The average Bonchev–Trinajstić information content (AvgIpc) is 2.42. The van der Waals surface area contributed by atoms with Gasteiger partial charge in [-0.05, 0) is 30.3 Å². The fraction of sp³-hybridized carbons (Fsp3) is 0. The van der Waals surface area contributed by atoms with E-state index in [1.54, 1.807) is 4.72 Å². The number of hydrogen-bond acceptors (Lipinski definition) is 5. The molecular weight excluding hydrogens is 341 g/mol. The fourth-order valence-electron chi connectivity index (χ4n) is 1.66. The fourth-order valence-corrected chi connectivity index (χ4v) is 2.71. The second-order valence-electron chi connectivity index (χ2n) is 4.28. The number of benzene rings is 2. The Hall–Kier alpha value is -1.68. The summed E-state index contributed by atoms with van der Waals surface area (Å²) in [6, 6.07) is 5.86. The molecule has 0 atom stereocenters. The molecule has 23 heavy (non-hydrogen) atoms. The third-order valence-electron chi connectivity index (χ3n) is 2.69. The topological polar surface area (TPSA) is 112 Å². The summed E-state index contributed by atoms with van der Waals surface area (Å²) < 4.78 is 53.1. The molecular formula is C13H9F2N2NaO4S. The van der Waals surface area contributed by atoms with Crippen molar-refractivity contribution in [1.82, 2.24) is 0 Å². The molecule has 0 aliphatic rings. The number of hydrogen-bond donors (Lipinski definition) is 2. The van der Waals surface area contributed by atoms with Crippen molar-refractivity contribution in [3.05, 3.63) is 53.6 Å². The Morgan fingerprint density at radius 1 is 1.13 bits per heavy atom. The average molecular weight is 350 g/mol. The second kappa shape index (κ2) is 7.26. The van der Waals surface area contributed by atoms with Crippen LogP contribution < -0.4 is 45.1 Å². The second-order valence-corrected chi connectivity index (χ2v) is 5.96. The molecule has 0 unspecified atom stereocenters. The number of halogens is 2. The molecule has 0 amide bonds. The SMILES string of the molecule is Nc1ccc(S(=O)(=O)Nc2cc(F)cc(C(=O)[O-])c2F)cc1.[Na+]. The maximum atomic E-state index is 13.9. The molecule has 0 heterocycles. The predicted molar refractivity (Wildman–Crippen MR) is 72.4 cm³/mol. The molecule has 0 saturated carbocycles. The first-order chi connectivity index (χ1) is 10.2. The van der Waals surface area contributed by atoms with E-state index in [1.165, 1.54) is 12.1 Å². The molecule has 2 rings (SSSR count). The Kier molecular flexibility index (Phi) is 6.11. The number of carboxylic acids is 1. The number of rotatable bonds is 4. The number of carboxylic acid groups (broad SMARTS) is 1. The molecule has 6 nitrogen and oxygen atoms in total. The van der Waals surface area contributed by atoms with Crippen LogP contribution in [0.4, 0.5) is 20.2 Å². The van der Waals surface area contributed by atoms with Crippen LogP contribution in [0.5, 0.6) is 0 Å². The van der Waals surface area contributed by atoms with Crippen molar-refractivity contribution >= 4 is 27.4 Å². The number of nitrogens with one attached hydrogen (secondary N) is 1. The maximum absolute atomic E-state index is 13.9. The van der Waals surface area contributed by atoms with Crippen molar-refractivity contribution in [3.63, 3.8) is 0 Å². The molecule has 0 radical (unpaired) electrons. The molecule has 0 spiro atoms. The van der Waals surface area contributed by atoms with Crippen LogP contribution in [0, 0.1) is 11.6 Å². The third kappa shape index (κ3) is 4.41. The zero-order valence-electron chi connectivity index (χ0n) is 11.8. The zero-order valence-corrected chi connectivity index (χ0v) is 14.7. The Morgan fingerprint density at radius 3 is 2.22 bits per heavy atom. The van der Waals surface area contributed by atoms with Crippen molar-refractivity contribution in [3.8, 4) is 0 Å². The number of carbonyl (C=O) groups excluding carboxylic acids is 1. The minimum atomic E-state index is -4.24. The van der Waals surface area contributed by atoms with E-state index in [0.29, 0.717) is 17.8 Å². The van der Waals surface area contributed by atoms with Gasteiger partial charge in [0.2, 0.25) is 0 Å². The number of aromatic carboxylic acids is 1. The number of carbonyl (C=O) groups is 1. The van der Waals surface area contributed by atoms with E-state index >= 15 is 0 Å². The van der Waals surface area contributed by atoms with Gasteiger partial charge < -0.3 is 15.6 Å². The Labute approximate surface area is 152 Å². The molecule has 0 aliphatic carbocycles. The largest absolute Gasteiger partial charge is 1.00 e. The molecule has 0 saturated heterocycles. The Balaban J connectivity index is 0.00000264. The van der Waals surface area contributed by atoms with Crippen LogP contribution >= 0.6 is 0 Å². The summed E-state index contributed by atoms with van der Waals surface area (Å²) in [7, 11) is -4.24. The molecule has 10 heteroatoms. The molecule has 2 aromatic rings. The minimum absolute atomic E-state index is 0. The quantitative estimate of drug-likeness (QED) is 0.476. The van der Waals surface area contributed by atoms with Gasteiger partial charge in [-0.2, -0.15) is 0 Å². The van der Waals surface area contributed by atoms with E-state index in [0.717, 1.165) is 12.1 Å². The molecule has 3 N–H and O–H groups in total. The number of nitrogens with two attached hydrogens (primary N) is 1. The van der Waals surface area contributed by atoms with Crippen LogP contribution in [-0.2, 0) is 10.0 Å². The van der Waals surface area contributed by atoms with E-state index in [2.05, 4.69) is 0 Å². The molecule has 0 bridgehead atoms. The molecule has 0 aliphatic heterocycles. The van der Waals surface area contributed by atoms with Gasteiger partial charge in [-0.1, -0.05) is 0 Å². The minimum Gasteiger partial charge on any atom is -0.545 e. The Morgan fingerprint density at radius 2 is 1.70 bits per heavy atom. The maximum Gasteiger partial charge on any atom is 1.00 e. The van der Waals surface area contributed by atoms with Gasteiger partial charge in [-0.3, -0.25) is 4.72 Å². The summed E-state index contributed by atoms with van der Waals surface area (Å²) in [5.41, 5.74) is 3.81. The van der Waals surface area contributed by atoms with Crippen molar-refractivity contribution in [2.75, 3.05) is 10.5 Å². The van der Waals surface area contributed by atoms with Gasteiger partial charge in [0.1, 0.15) is 5.82 Å². The summed E-state index contributed by atoms with van der Waals surface area (Å²) in [4.78, 5) is 10.4.